The highest BCUT2D eigenvalue weighted by molar-refractivity contribution is 9.10. The first-order chi connectivity index (χ1) is 9.10. The minimum Gasteiger partial charge on any atom is -0.497 e. The van der Waals surface area contributed by atoms with Gasteiger partial charge in [-0.3, -0.25) is 0 Å². The molecular weight excluding hydrogens is 304 g/mol. The molecule has 0 bridgehead atoms. The third-order valence-electron chi connectivity index (χ3n) is 2.97. The predicted octanol–water partition coefficient (Wildman–Crippen LogP) is 3.68. The summed E-state index contributed by atoms with van der Waals surface area (Å²) < 4.78 is 6.33. The van der Waals surface area contributed by atoms with Crippen molar-refractivity contribution in [2.75, 3.05) is 24.8 Å². The fourth-order valence-corrected chi connectivity index (χ4v) is 2.28. The van der Waals surface area contributed by atoms with Crippen LogP contribution in [-0.2, 0) is 6.54 Å². The molecule has 2 aromatic rings. The number of benzene rings is 2. The second kappa shape index (κ2) is 5.97. The first-order valence-corrected chi connectivity index (χ1v) is 6.78. The van der Waals surface area contributed by atoms with E-state index < -0.39 is 0 Å². The van der Waals surface area contributed by atoms with Crippen LogP contribution in [0.2, 0.25) is 0 Å². The quantitative estimate of drug-likeness (QED) is 0.873. The van der Waals surface area contributed by atoms with Gasteiger partial charge in [-0.15, -0.1) is 0 Å². The average molecular weight is 321 g/mol. The maximum Gasteiger partial charge on any atom is 0.119 e. The molecule has 2 aromatic carbocycles. The van der Waals surface area contributed by atoms with Gasteiger partial charge < -0.3 is 15.4 Å². The van der Waals surface area contributed by atoms with Crippen molar-refractivity contribution < 1.29 is 4.74 Å². The topological polar surface area (TPSA) is 38.5 Å². The Kier molecular flexibility index (Phi) is 4.32. The van der Waals surface area contributed by atoms with Gasteiger partial charge in [0.25, 0.3) is 0 Å². The van der Waals surface area contributed by atoms with Gasteiger partial charge in [0.05, 0.1) is 7.11 Å². The van der Waals surface area contributed by atoms with Gasteiger partial charge in [0, 0.05) is 29.4 Å². The highest BCUT2D eigenvalue weighted by Gasteiger charge is 2.07. The van der Waals surface area contributed by atoms with Crippen molar-refractivity contribution in [2.24, 2.45) is 0 Å². The summed E-state index contributed by atoms with van der Waals surface area (Å²) in [7, 11) is 3.72. The van der Waals surface area contributed by atoms with Crippen molar-refractivity contribution in [3.8, 4) is 5.75 Å². The van der Waals surface area contributed by atoms with E-state index in [1.165, 1.54) is 5.56 Å². The Morgan fingerprint density at radius 2 is 2.00 bits per heavy atom. The van der Waals surface area contributed by atoms with E-state index in [2.05, 4.69) is 20.8 Å². The summed E-state index contributed by atoms with van der Waals surface area (Å²) in [5, 5.41) is 0. The molecule has 0 aliphatic carbocycles. The highest BCUT2D eigenvalue weighted by atomic mass is 79.9. The van der Waals surface area contributed by atoms with Gasteiger partial charge in [-0.1, -0.05) is 22.0 Å². The lowest BCUT2D eigenvalue weighted by Crippen LogP contribution is -2.16. The molecule has 0 spiro atoms. The summed E-state index contributed by atoms with van der Waals surface area (Å²) in [5.74, 6) is 0.860. The van der Waals surface area contributed by atoms with Crippen LogP contribution in [0.1, 0.15) is 5.56 Å². The van der Waals surface area contributed by atoms with Crippen LogP contribution in [0.4, 0.5) is 11.4 Å². The zero-order valence-electron chi connectivity index (χ0n) is 11.1. The number of ether oxygens (including phenoxy) is 1. The lowest BCUT2D eigenvalue weighted by atomic mass is 10.2. The number of halogens is 1. The van der Waals surface area contributed by atoms with Crippen molar-refractivity contribution >= 4 is 27.3 Å². The molecule has 0 saturated heterocycles. The molecule has 0 radical (unpaired) electrons. The molecule has 0 fully saturated rings. The van der Waals surface area contributed by atoms with E-state index in [1.54, 1.807) is 7.11 Å². The first-order valence-electron chi connectivity index (χ1n) is 5.99. The molecule has 0 amide bonds. The number of nitrogen functional groups attached to an aromatic ring is 1. The number of nitrogens with zero attached hydrogens (tertiary/aromatic N) is 1. The minimum atomic E-state index is 0.772. The monoisotopic (exact) mass is 320 g/mol. The van der Waals surface area contributed by atoms with Crippen LogP contribution in [0.25, 0.3) is 0 Å². The Labute approximate surface area is 122 Å². The fraction of sp³-hybridized carbons (Fsp3) is 0.200. The minimum absolute atomic E-state index is 0.772. The van der Waals surface area contributed by atoms with Gasteiger partial charge in [0.2, 0.25) is 0 Å². The van der Waals surface area contributed by atoms with E-state index in [0.717, 1.165) is 28.1 Å². The number of nitrogens with two attached hydrogens (primary N) is 1. The first kappa shape index (κ1) is 13.7. The summed E-state index contributed by atoms with van der Waals surface area (Å²) in [6.45, 7) is 0.779. The third kappa shape index (κ3) is 3.41. The molecule has 0 saturated carbocycles. The second-order valence-electron chi connectivity index (χ2n) is 4.41. The Morgan fingerprint density at radius 3 is 2.68 bits per heavy atom. The van der Waals surface area contributed by atoms with Crippen LogP contribution in [0.3, 0.4) is 0 Å². The summed E-state index contributed by atoms with van der Waals surface area (Å²) >= 11 is 3.57. The maximum absolute atomic E-state index is 5.81. The Balaban J connectivity index is 2.21. The predicted molar refractivity (Wildman–Crippen MR) is 83.7 cm³/mol. The van der Waals surface area contributed by atoms with Gasteiger partial charge in [-0.05, 0) is 42.0 Å². The van der Waals surface area contributed by atoms with Gasteiger partial charge in [-0.25, -0.2) is 0 Å². The number of methoxy groups -OCH3 is 1. The fourth-order valence-electron chi connectivity index (χ4n) is 1.91. The molecule has 2 rings (SSSR count). The van der Waals surface area contributed by atoms with Gasteiger partial charge in [0.15, 0.2) is 0 Å². The van der Waals surface area contributed by atoms with Crippen LogP contribution in [0.15, 0.2) is 46.9 Å². The molecule has 0 heterocycles. The lowest BCUT2D eigenvalue weighted by molar-refractivity contribution is 0.414. The molecule has 3 nitrogen and oxygen atoms in total. The van der Waals surface area contributed by atoms with E-state index in [1.807, 2.05) is 49.5 Å². The largest absolute Gasteiger partial charge is 0.497 e. The zero-order valence-corrected chi connectivity index (χ0v) is 12.6. The van der Waals surface area contributed by atoms with Crippen LogP contribution in [0.5, 0.6) is 5.75 Å². The Morgan fingerprint density at radius 1 is 1.21 bits per heavy atom. The number of hydrogen-bond donors (Lipinski definition) is 1. The van der Waals surface area contributed by atoms with Gasteiger partial charge in [0.1, 0.15) is 5.75 Å². The second-order valence-corrected chi connectivity index (χ2v) is 5.26. The summed E-state index contributed by atoms with van der Waals surface area (Å²) in [4.78, 5) is 2.15. The average Bonchev–Trinajstić information content (AvgIpc) is 2.41. The summed E-state index contributed by atoms with van der Waals surface area (Å²) in [6.07, 6.45) is 0. The highest BCUT2D eigenvalue weighted by Crippen LogP contribution is 2.25. The molecule has 0 aliphatic heterocycles. The molecule has 100 valence electrons. The standard InChI is InChI=1S/C15H17BrN2O/c1-18(13-5-3-4-12(17)9-13)10-11-8-14(19-2)6-7-15(11)16/h3-9H,10,17H2,1-2H3. The smallest absolute Gasteiger partial charge is 0.119 e. The molecule has 0 atom stereocenters. The normalized spacial score (nSPS) is 10.3. The molecule has 4 heteroatoms. The van der Waals surface area contributed by atoms with Crippen LogP contribution in [0, 0.1) is 0 Å². The molecule has 0 aromatic heterocycles. The van der Waals surface area contributed by atoms with E-state index >= 15 is 0 Å². The summed E-state index contributed by atoms with van der Waals surface area (Å²) in [6, 6.07) is 13.8. The number of anilines is 2. The summed E-state index contributed by atoms with van der Waals surface area (Å²) in [5.41, 5.74) is 8.84. The van der Waals surface area contributed by atoms with Crippen molar-refractivity contribution in [3.05, 3.63) is 52.5 Å². The van der Waals surface area contributed by atoms with Crippen molar-refractivity contribution in [3.63, 3.8) is 0 Å². The van der Waals surface area contributed by atoms with E-state index in [9.17, 15) is 0 Å². The van der Waals surface area contributed by atoms with Gasteiger partial charge in [-0.2, -0.15) is 0 Å². The van der Waals surface area contributed by atoms with E-state index in [-0.39, 0.29) is 0 Å². The van der Waals surface area contributed by atoms with Gasteiger partial charge >= 0.3 is 0 Å². The number of hydrogen-bond acceptors (Lipinski definition) is 3. The SMILES string of the molecule is COc1ccc(Br)c(CN(C)c2cccc(N)c2)c1. The van der Waals surface area contributed by atoms with Crippen LogP contribution < -0.4 is 15.4 Å². The van der Waals surface area contributed by atoms with Crippen molar-refractivity contribution in [2.45, 2.75) is 6.54 Å². The molecule has 0 aliphatic rings. The van der Waals surface area contributed by atoms with E-state index in [0.29, 0.717) is 0 Å². The van der Waals surface area contributed by atoms with Crippen LogP contribution in [-0.4, -0.2) is 14.2 Å². The zero-order chi connectivity index (χ0) is 13.8. The molecule has 19 heavy (non-hydrogen) atoms. The Bertz CT molecular complexity index is 572. The third-order valence-corrected chi connectivity index (χ3v) is 3.75. The van der Waals surface area contributed by atoms with Crippen LogP contribution >= 0.6 is 15.9 Å². The molecular formula is C15H17BrN2O. The lowest BCUT2D eigenvalue weighted by Gasteiger charge is -2.21. The number of rotatable bonds is 4. The van der Waals surface area contributed by atoms with Crippen molar-refractivity contribution in [1.82, 2.24) is 0 Å². The van der Waals surface area contributed by atoms with E-state index in [4.69, 9.17) is 10.5 Å². The Hall–Kier alpha value is -1.68. The van der Waals surface area contributed by atoms with Crippen molar-refractivity contribution in [1.29, 1.82) is 0 Å². The molecule has 2 N–H and O–H groups in total. The maximum atomic E-state index is 5.81. The molecule has 0 unspecified atom stereocenters.